The number of aryl methyl sites for hydroxylation is 1. The Balaban J connectivity index is 2.54. The van der Waals surface area contributed by atoms with Gasteiger partial charge in [-0.2, -0.15) is 0 Å². The molecule has 0 amide bonds. The Labute approximate surface area is 101 Å². The number of benzene rings is 1. The molecule has 0 aliphatic carbocycles. The molecule has 0 radical (unpaired) electrons. The van der Waals surface area contributed by atoms with E-state index in [9.17, 15) is 8.78 Å². The van der Waals surface area contributed by atoms with Crippen LogP contribution in [-0.4, -0.2) is 19.1 Å². The molecule has 1 rings (SSSR count). The van der Waals surface area contributed by atoms with E-state index >= 15 is 0 Å². The summed E-state index contributed by atoms with van der Waals surface area (Å²) < 4.78 is 26.5. The molecule has 0 aromatic heterocycles. The van der Waals surface area contributed by atoms with Crippen molar-refractivity contribution in [2.75, 3.05) is 13.1 Å². The van der Waals surface area contributed by atoms with Gasteiger partial charge in [0.05, 0.1) is 0 Å². The standard InChI is InChI=1S/C13H20F2N2/c1-4-16-7-10(3)17-8-11-5-9(2)12(14)6-13(11)15/h5-6,10,16-17H,4,7-8H2,1-3H3. The zero-order chi connectivity index (χ0) is 12.8. The third-order valence-electron chi connectivity index (χ3n) is 2.67. The van der Waals surface area contributed by atoms with Gasteiger partial charge in [-0.25, -0.2) is 8.78 Å². The summed E-state index contributed by atoms with van der Waals surface area (Å²) in [6.45, 7) is 7.86. The summed E-state index contributed by atoms with van der Waals surface area (Å²) in [6, 6.07) is 2.75. The average molecular weight is 242 g/mol. The fraction of sp³-hybridized carbons (Fsp3) is 0.538. The minimum atomic E-state index is -0.494. The molecule has 4 heteroatoms. The quantitative estimate of drug-likeness (QED) is 0.800. The number of halogens is 2. The van der Waals surface area contributed by atoms with E-state index in [-0.39, 0.29) is 6.04 Å². The Morgan fingerprint density at radius 2 is 1.94 bits per heavy atom. The van der Waals surface area contributed by atoms with Crippen LogP contribution in [0.2, 0.25) is 0 Å². The van der Waals surface area contributed by atoms with Gasteiger partial charge in [-0.15, -0.1) is 0 Å². The van der Waals surface area contributed by atoms with Gasteiger partial charge < -0.3 is 10.6 Å². The van der Waals surface area contributed by atoms with Gasteiger partial charge in [0.15, 0.2) is 0 Å². The van der Waals surface area contributed by atoms with Crippen LogP contribution in [0.25, 0.3) is 0 Å². The minimum absolute atomic E-state index is 0.250. The normalized spacial score (nSPS) is 12.8. The molecular formula is C13H20F2N2. The van der Waals surface area contributed by atoms with E-state index in [1.807, 2.05) is 13.8 Å². The van der Waals surface area contributed by atoms with Crippen LogP contribution >= 0.6 is 0 Å². The molecule has 1 atom stereocenters. The predicted octanol–water partition coefficient (Wildman–Crippen LogP) is 2.36. The largest absolute Gasteiger partial charge is 0.315 e. The van der Waals surface area contributed by atoms with Crippen molar-refractivity contribution in [1.29, 1.82) is 0 Å². The molecule has 96 valence electrons. The molecule has 0 heterocycles. The van der Waals surface area contributed by atoms with Crippen molar-refractivity contribution in [3.8, 4) is 0 Å². The fourth-order valence-corrected chi connectivity index (χ4v) is 1.57. The van der Waals surface area contributed by atoms with E-state index < -0.39 is 11.6 Å². The maximum atomic E-state index is 13.4. The topological polar surface area (TPSA) is 24.1 Å². The van der Waals surface area contributed by atoms with Gasteiger partial charge in [0.2, 0.25) is 0 Å². The van der Waals surface area contributed by atoms with Crippen molar-refractivity contribution in [3.05, 3.63) is 34.9 Å². The van der Waals surface area contributed by atoms with E-state index in [2.05, 4.69) is 10.6 Å². The number of likely N-dealkylation sites (N-methyl/N-ethyl adjacent to an activating group) is 1. The molecule has 0 saturated carbocycles. The van der Waals surface area contributed by atoms with Crippen LogP contribution in [0.1, 0.15) is 25.0 Å². The molecule has 0 bridgehead atoms. The van der Waals surface area contributed by atoms with Gasteiger partial charge in [-0.3, -0.25) is 0 Å². The Hall–Kier alpha value is -1.00. The zero-order valence-corrected chi connectivity index (χ0v) is 10.6. The molecule has 0 aliphatic heterocycles. The van der Waals surface area contributed by atoms with Crippen LogP contribution in [0.15, 0.2) is 12.1 Å². The molecule has 1 aromatic rings. The van der Waals surface area contributed by atoms with Crippen LogP contribution in [0.3, 0.4) is 0 Å². The van der Waals surface area contributed by atoms with E-state index in [0.29, 0.717) is 17.7 Å². The van der Waals surface area contributed by atoms with E-state index in [1.54, 1.807) is 13.0 Å². The van der Waals surface area contributed by atoms with Gasteiger partial charge in [-0.05, 0) is 32.0 Å². The number of nitrogens with one attached hydrogen (secondary N) is 2. The van der Waals surface area contributed by atoms with Gasteiger partial charge in [-0.1, -0.05) is 6.92 Å². The van der Waals surface area contributed by atoms with Crippen molar-refractivity contribution in [2.45, 2.75) is 33.4 Å². The summed E-state index contributed by atoms with van der Waals surface area (Å²) in [7, 11) is 0. The molecule has 1 unspecified atom stereocenters. The van der Waals surface area contributed by atoms with Crippen molar-refractivity contribution < 1.29 is 8.78 Å². The maximum Gasteiger partial charge on any atom is 0.130 e. The second-order valence-corrected chi connectivity index (χ2v) is 4.28. The SMILES string of the molecule is CCNCC(C)NCc1cc(C)c(F)cc1F. The molecule has 1 aromatic carbocycles. The van der Waals surface area contributed by atoms with Crippen molar-refractivity contribution in [3.63, 3.8) is 0 Å². The lowest BCUT2D eigenvalue weighted by molar-refractivity contribution is 0.494. The first-order valence-electron chi connectivity index (χ1n) is 5.93. The lowest BCUT2D eigenvalue weighted by Gasteiger charge is -2.14. The highest BCUT2D eigenvalue weighted by Crippen LogP contribution is 2.14. The van der Waals surface area contributed by atoms with Gasteiger partial charge >= 0.3 is 0 Å². The third-order valence-corrected chi connectivity index (χ3v) is 2.67. The molecule has 0 saturated heterocycles. The van der Waals surface area contributed by atoms with Crippen LogP contribution < -0.4 is 10.6 Å². The molecule has 0 aliphatic rings. The van der Waals surface area contributed by atoms with Crippen molar-refractivity contribution in [1.82, 2.24) is 10.6 Å². The Morgan fingerprint density at radius 3 is 2.59 bits per heavy atom. The van der Waals surface area contributed by atoms with Crippen LogP contribution in [-0.2, 0) is 6.54 Å². The monoisotopic (exact) mass is 242 g/mol. The second-order valence-electron chi connectivity index (χ2n) is 4.28. The Morgan fingerprint density at radius 1 is 1.24 bits per heavy atom. The summed E-state index contributed by atoms with van der Waals surface area (Å²) in [5.74, 6) is -0.983. The Bertz CT molecular complexity index is 367. The van der Waals surface area contributed by atoms with Gasteiger partial charge in [0.1, 0.15) is 11.6 Å². The number of hydrogen-bond donors (Lipinski definition) is 2. The summed E-state index contributed by atoms with van der Waals surface area (Å²) >= 11 is 0. The zero-order valence-electron chi connectivity index (χ0n) is 10.6. The van der Waals surface area contributed by atoms with Crippen LogP contribution in [0.5, 0.6) is 0 Å². The lowest BCUT2D eigenvalue weighted by atomic mass is 10.1. The summed E-state index contributed by atoms with van der Waals surface area (Å²) in [5, 5.41) is 6.40. The summed E-state index contributed by atoms with van der Waals surface area (Å²) in [4.78, 5) is 0. The minimum Gasteiger partial charge on any atom is -0.315 e. The van der Waals surface area contributed by atoms with Crippen LogP contribution in [0, 0.1) is 18.6 Å². The average Bonchev–Trinajstić information content (AvgIpc) is 2.29. The third kappa shape index (κ3) is 4.40. The molecule has 0 fully saturated rings. The maximum absolute atomic E-state index is 13.4. The fourth-order valence-electron chi connectivity index (χ4n) is 1.57. The molecule has 2 nitrogen and oxygen atoms in total. The summed E-state index contributed by atoms with van der Waals surface area (Å²) in [5.41, 5.74) is 0.981. The highest BCUT2D eigenvalue weighted by Gasteiger charge is 2.08. The smallest absolute Gasteiger partial charge is 0.130 e. The molecule has 17 heavy (non-hydrogen) atoms. The molecule has 2 N–H and O–H groups in total. The second kappa shape index (κ2) is 6.67. The lowest BCUT2D eigenvalue weighted by Crippen LogP contribution is -2.36. The Kier molecular flexibility index (Phi) is 5.51. The van der Waals surface area contributed by atoms with Gasteiger partial charge in [0, 0.05) is 30.8 Å². The van der Waals surface area contributed by atoms with Gasteiger partial charge in [0.25, 0.3) is 0 Å². The number of rotatable bonds is 6. The first-order valence-corrected chi connectivity index (χ1v) is 5.93. The van der Waals surface area contributed by atoms with E-state index in [1.165, 1.54) is 0 Å². The van der Waals surface area contributed by atoms with Crippen molar-refractivity contribution in [2.24, 2.45) is 0 Å². The van der Waals surface area contributed by atoms with Crippen LogP contribution in [0.4, 0.5) is 8.78 Å². The summed E-state index contributed by atoms with van der Waals surface area (Å²) in [6.07, 6.45) is 0. The first kappa shape index (κ1) is 14.1. The molecular weight excluding hydrogens is 222 g/mol. The van der Waals surface area contributed by atoms with E-state index in [0.717, 1.165) is 19.2 Å². The predicted molar refractivity (Wildman–Crippen MR) is 65.9 cm³/mol. The van der Waals surface area contributed by atoms with Crippen molar-refractivity contribution >= 4 is 0 Å². The molecule has 0 spiro atoms. The highest BCUT2D eigenvalue weighted by molar-refractivity contribution is 5.25. The first-order chi connectivity index (χ1) is 8.04. The van der Waals surface area contributed by atoms with E-state index in [4.69, 9.17) is 0 Å². The highest BCUT2D eigenvalue weighted by atomic mass is 19.1. The number of hydrogen-bond acceptors (Lipinski definition) is 2.